The number of carbonyl (C=O) groups is 1. The fourth-order valence-corrected chi connectivity index (χ4v) is 5.04. The van der Waals surface area contributed by atoms with E-state index in [0.29, 0.717) is 15.8 Å². The third kappa shape index (κ3) is 3.76. The highest BCUT2D eigenvalue weighted by atomic mass is 32.2. The molecule has 2 heterocycles. The number of thioether (sulfide) groups is 1. The zero-order valence-corrected chi connectivity index (χ0v) is 18.0. The van der Waals surface area contributed by atoms with Gasteiger partial charge < -0.3 is 4.90 Å². The molecule has 2 aliphatic heterocycles. The maximum absolute atomic E-state index is 12.6. The number of benzene rings is 1. The Balaban J connectivity index is 1.97. The van der Waals surface area contributed by atoms with Gasteiger partial charge in [0, 0.05) is 24.3 Å². The third-order valence-corrected chi connectivity index (χ3v) is 6.31. The van der Waals surface area contributed by atoms with Gasteiger partial charge in [-0.05, 0) is 56.5 Å². The zero-order chi connectivity index (χ0) is 19.8. The van der Waals surface area contributed by atoms with Gasteiger partial charge in [0.25, 0.3) is 5.91 Å². The zero-order valence-electron chi connectivity index (χ0n) is 16.4. The summed E-state index contributed by atoms with van der Waals surface area (Å²) >= 11 is 6.68. The van der Waals surface area contributed by atoms with Crippen LogP contribution in [0.2, 0.25) is 0 Å². The van der Waals surface area contributed by atoms with Crippen molar-refractivity contribution in [1.82, 2.24) is 4.90 Å². The van der Waals surface area contributed by atoms with Crippen LogP contribution in [0.25, 0.3) is 11.6 Å². The quantitative estimate of drug-likeness (QED) is 0.372. The summed E-state index contributed by atoms with van der Waals surface area (Å²) in [6.07, 6.45) is 7.08. The van der Waals surface area contributed by atoms with Crippen LogP contribution < -0.4 is 4.90 Å². The minimum absolute atomic E-state index is 0.00171. The van der Waals surface area contributed by atoms with Crippen molar-refractivity contribution in [2.45, 2.75) is 39.7 Å². The predicted molar refractivity (Wildman–Crippen MR) is 122 cm³/mol. The topological polar surface area (TPSA) is 23.6 Å². The molecule has 0 unspecified atom stereocenters. The lowest BCUT2D eigenvalue weighted by molar-refractivity contribution is -0.121. The van der Waals surface area contributed by atoms with Crippen molar-refractivity contribution in [3.8, 4) is 0 Å². The van der Waals surface area contributed by atoms with Gasteiger partial charge in [-0.1, -0.05) is 49.1 Å². The Morgan fingerprint density at radius 1 is 1.33 bits per heavy atom. The number of allylic oxidation sites excluding steroid dienone is 1. The van der Waals surface area contributed by atoms with Crippen LogP contribution in [0.1, 0.15) is 45.2 Å². The van der Waals surface area contributed by atoms with E-state index in [0.717, 1.165) is 18.5 Å². The van der Waals surface area contributed by atoms with E-state index in [4.69, 9.17) is 12.2 Å². The Morgan fingerprint density at radius 3 is 2.74 bits per heavy atom. The second kappa shape index (κ2) is 7.64. The van der Waals surface area contributed by atoms with Crippen LogP contribution in [-0.4, -0.2) is 33.8 Å². The minimum atomic E-state index is -0.0383. The number of anilines is 1. The Labute approximate surface area is 171 Å². The third-order valence-electron chi connectivity index (χ3n) is 4.93. The molecule has 142 valence electrons. The Morgan fingerprint density at radius 2 is 2.07 bits per heavy atom. The average Bonchev–Trinajstić information content (AvgIpc) is 2.86. The molecule has 0 N–H and O–H groups in total. The molecule has 0 bridgehead atoms. The highest BCUT2D eigenvalue weighted by Gasteiger charge is 2.32. The van der Waals surface area contributed by atoms with Crippen LogP contribution in [0.4, 0.5) is 5.69 Å². The van der Waals surface area contributed by atoms with Crippen molar-refractivity contribution < 1.29 is 4.79 Å². The largest absolute Gasteiger partial charge is 0.362 e. The summed E-state index contributed by atoms with van der Waals surface area (Å²) in [5.41, 5.74) is 4.80. The molecule has 1 fully saturated rings. The molecule has 1 aromatic carbocycles. The van der Waals surface area contributed by atoms with E-state index in [1.807, 2.05) is 6.08 Å². The molecule has 0 aliphatic carbocycles. The summed E-state index contributed by atoms with van der Waals surface area (Å²) in [4.78, 5) is 17.3. The van der Waals surface area contributed by atoms with Crippen molar-refractivity contribution in [2.24, 2.45) is 0 Å². The number of nitrogens with zero attached hydrogens (tertiary/aromatic N) is 2. The average molecular weight is 399 g/mol. The summed E-state index contributed by atoms with van der Waals surface area (Å²) in [7, 11) is 0. The van der Waals surface area contributed by atoms with Crippen LogP contribution in [-0.2, 0) is 4.79 Å². The highest BCUT2D eigenvalue weighted by molar-refractivity contribution is 8.26. The summed E-state index contributed by atoms with van der Waals surface area (Å²) in [6, 6.07) is 6.45. The maximum Gasteiger partial charge on any atom is 0.266 e. The number of hydrogen-bond acceptors (Lipinski definition) is 4. The molecule has 0 atom stereocenters. The molecule has 0 spiro atoms. The van der Waals surface area contributed by atoms with E-state index in [-0.39, 0.29) is 11.4 Å². The number of carbonyl (C=O) groups excluding carboxylic acids is 1. The molecule has 2 aliphatic rings. The van der Waals surface area contributed by atoms with Crippen LogP contribution in [0, 0.1) is 0 Å². The van der Waals surface area contributed by atoms with Crippen LogP contribution >= 0.6 is 24.0 Å². The van der Waals surface area contributed by atoms with E-state index in [1.165, 1.54) is 28.6 Å². The van der Waals surface area contributed by atoms with Gasteiger partial charge in [0.05, 0.1) is 10.4 Å². The van der Waals surface area contributed by atoms with Gasteiger partial charge in [0.1, 0.15) is 4.32 Å². The van der Waals surface area contributed by atoms with Crippen LogP contribution in [0.3, 0.4) is 0 Å². The Hall–Kier alpha value is -1.85. The molecule has 3 nitrogen and oxygen atoms in total. The first-order valence-electron chi connectivity index (χ1n) is 9.26. The van der Waals surface area contributed by atoms with E-state index >= 15 is 0 Å². The lowest BCUT2D eigenvalue weighted by Crippen LogP contribution is -2.45. The monoisotopic (exact) mass is 398 g/mol. The standard InChI is InChI=1S/C22H26N2OS2/c1-6-10-23-20(25)19(27-21(23)26)13-16-8-9-18-17(12-16)15(3)14-22(4,5)24(18)11-7-2/h6,8-9,12-14H,1,7,10-11H2,2-5H3/b19-13+. The van der Waals surface area contributed by atoms with Gasteiger partial charge in [-0.2, -0.15) is 0 Å². The van der Waals surface area contributed by atoms with Gasteiger partial charge >= 0.3 is 0 Å². The Kier molecular flexibility index (Phi) is 5.63. The van der Waals surface area contributed by atoms with Crippen molar-refractivity contribution >= 4 is 51.5 Å². The fraction of sp³-hybridized carbons (Fsp3) is 0.364. The van der Waals surface area contributed by atoms with E-state index in [2.05, 4.69) is 63.4 Å². The van der Waals surface area contributed by atoms with Gasteiger partial charge in [0.2, 0.25) is 0 Å². The molecule has 1 saturated heterocycles. The molecule has 3 rings (SSSR count). The minimum Gasteiger partial charge on any atom is -0.362 e. The summed E-state index contributed by atoms with van der Waals surface area (Å²) in [6.45, 7) is 14.1. The summed E-state index contributed by atoms with van der Waals surface area (Å²) < 4.78 is 0.594. The van der Waals surface area contributed by atoms with Gasteiger partial charge in [-0.25, -0.2) is 0 Å². The van der Waals surface area contributed by atoms with Gasteiger partial charge in [-0.3, -0.25) is 9.69 Å². The number of amides is 1. The smallest absolute Gasteiger partial charge is 0.266 e. The molecule has 0 saturated carbocycles. The van der Waals surface area contributed by atoms with Crippen LogP contribution in [0.5, 0.6) is 0 Å². The van der Waals surface area contributed by atoms with Crippen molar-refractivity contribution in [3.63, 3.8) is 0 Å². The number of thiocarbonyl (C=S) groups is 1. The first kappa shape index (κ1) is 19.9. The van der Waals surface area contributed by atoms with E-state index in [9.17, 15) is 4.79 Å². The van der Waals surface area contributed by atoms with Crippen molar-refractivity contribution in [3.05, 3.63) is 53.0 Å². The second-order valence-electron chi connectivity index (χ2n) is 7.49. The lowest BCUT2D eigenvalue weighted by Gasteiger charge is -2.43. The maximum atomic E-state index is 12.6. The number of rotatable bonds is 5. The first-order valence-corrected chi connectivity index (χ1v) is 10.5. The molecule has 0 radical (unpaired) electrons. The van der Waals surface area contributed by atoms with Crippen LogP contribution in [0.15, 0.2) is 41.8 Å². The SMILES string of the molecule is C=CCN1C(=O)/C(=C\c2ccc3c(c2)C(C)=CC(C)(C)N3CCC)SC1=S. The van der Waals surface area contributed by atoms with Crippen molar-refractivity contribution in [2.75, 3.05) is 18.0 Å². The molecule has 0 aromatic heterocycles. The number of hydrogen-bond donors (Lipinski definition) is 0. The fourth-order valence-electron chi connectivity index (χ4n) is 3.76. The highest BCUT2D eigenvalue weighted by Crippen LogP contribution is 2.40. The molecule has 5 heteroatoms. The predicted octanol–water partition coefficient (Wildman–Crippen LogP) is 5.49. The van der Waals surface area contributed by atoms with Crippen molar-refractivity contribution in [1.29, 1.82) is 0 Å². The normalized spacial score (nSPS) is 20.1. The van der Waals surface area contributed by atoms with E-state index < -0.39 is 0 Å². The lowest BCUT2D eigenvalue weighted by atomic mass is 9.88. The second-order valence-corrected chi connectivity index (χ2v) is 9.17. The summed E-state index contributed by atoms with van der Waals surface area (Å²) in [5.74, 6) is -0.0383. The molecular weight excluding hydrogens is 372 g/mol. The Bertz CT molecular complexity index is 867. The molecule has 1 aromatic rings. The molecular formula is C22H26N2OS2. The molecule has 27 heavy (non-hydrogen) atoms. The van der Waals surface area contributed by atoms with Gasteiger partial charge in [0.15, 0.2) is 0 Å². The van der Waals surface area contributed by atoms with Gasteiger partial charge in [-0.15, -0.1) is 6.58 Å². The first-order chi connectivity index (χ1) is 12.8. The molecule has 1 amide bonds. The van der Waals surface area contributed by atoms with E-state index in [1.54, 1.807) is 11.0 Å². The summed E-state index contributed by atoms with van der Waals surface area (Å²) in [5, 5.41) is 0. The number of fused-ring (bicyclic) bond motifs is 1.